The van der Waals surface area contributed by atoms with Gasteiger partial charge in [-0.1, -0.05) is 6.07 Å². The summed E-state index contributed by atoms with van der Waals surface area (Å²) in [7, 11) is 0. The monoisotopic (exact) mass is 486 g/mol. The van der Waals surface area contributed by atoms with Gasteiger partial charge in [0.25, 0.3) is 5.91 Å². The van der Waals surface area contributed by atoms with E-state index in [0.29, 0.717) is 28.1 Å². The summed E-state index contributed by atoms with van der Waals surface area (Å²) in [6.07, 6.45) is 1.72. The molecule has 0 aliphatic carbocycles. The van der Waals surface area contributed by atoms with Crippen LogP contribution in [0.25, 0.3) is 28.0 Å². The van der Waals surface area contributed by atoms with E-state index in [4.69, 9.17) is 4.98 Å². The van der Waals surface area contributed by atoms with Gasteiger partial charge in [-0.2, -0.15) is 9.78 Å². The molecule has 1 aromatic carbocycles. The van der Waals surface area contributed by atoms with E-state index < -0.39 is 0 Å². The molecule has 0 bridgehead atoms. The molecule has 10 heteroatoms. The minimum Gasteiger partial charge on any atom is -0.322 e. The highest BCUT2D eigenvalue weighted by atomic mass is 32.1. The summed E-state index contributed by atoms with van der Waals surface area (Å²) in [6, 6.07) is 9.77. The Morgan fingerprint density at radius 2 is 1.89 bits per heavy atom. The van der Waals surface area contributed by atoms with E-state index in [1.807, 2.05) is 42.8 Å². The first-order valence-corrected chi connectivity index (χ1v) is 12.2. The molecule has 9 nitrogen and oxygen atoms in total. The zero-order chi connectivity index (χ0) is 24.9. The number of rotatable bonds is 5. The first kappa shape index (κ1) is 22.9. The van der Waals surface area contributed by atoms with Gasteiger partial charge >= 0.3 is 0 Å². The second-order valence-electron chi connectivity index (χ2n) is 8.90. The molecule has 5 rings (SSSR count). The van der Waals surface area contributed by atoms with Crippen LogP contribution in [-0.2, 0) is 0 Å². The van der Waals surface area contributed by atoms with Gasteiger partial charge in [0.2, 0.25) is 0 Å². The zero-order valence-corrected chi connectivity index (χ0v) is 21.3. The molecule has 0 unspecified atom stereocenters. The van der Waals surface area contributed by atoms with Crippen molar-refractivity contribution in [1.82, 2.24) is 35.0 Å². The van der Waals surface area contributed by atoms with Crippen LogP contribution in [0.2, 0.25) is 0 Å². The van der Waals surface area contributed by atoms with Crippen LogP contribution in [0.3, 0.4) is 0 Å². The lowest BCUT2D eigenvalue weighted by Crippen LogP contribution is -2.14. The quantitative estimate of drug-likeness (QED) is 0.366. The first-order chi connectivity index (χ1) is 16.7. The van der Waals surface area contributed by atoms with Crippen molar-refractivity contribution >= 4 is 34.0 Å². The van der Waals surface area contributed by atoms with Crippen molar-refractivity contribution < 1.29 is 4.79 Å². The van der Waals surface area contributed by atoms with Crippen molar-refractivity contribution in [3.05, 3.63) is 63.2 Å². The minimum absolute atomic E-state index is 0.107. The van der Waals surface area contributed by atoms with Crippen molar-refractivity contribution in [3.63, 3.8) is 0 Å². The maximum atomic E-state index is 13.6. The number of thiophene rings is 1. The predicted octanol–water partition coefficient (Wildman–Crippen LogP) is 5.20. The number of carbonyl (C=O) groups excluding carboxylic acids is 1. The third-order valence-electron chi connectivity index (χ3n) is 5.94. The molecule has 178 valence electrons. The maximum Gasteiger partial charge on any atom is 0.256 e. The van der Waals surface area contributed by atoms with Gasteiger partial charge in [0.05, 0.1) is 28.5 Å². The number of carbonyl (C=O) groups is 1. The second kappa shape index (κ2) is 8.70. The molecule has 0 fully saturated rings. The Morgan fingerprint density at radius 3 is 2.54 bits per heavy atom. The number of anilines is 1. The van der Waals surface area contributed by atoms with Crippen LogP contribution >= 0.6 is 11.3 Å². The van der Waals surface area contributed by atoms with Crippen LogP contribution in [0.1, 0.15) is 51.4 Å². The van der Waals surface area contributed by atoms with Gasteiger partial charge in [-0.05, 0) is 81.8 Å². The summed E-state index contributed by atoms with van der Waals surface area (Å²) in [6.45, 7) is 12.1. The van der Waals surface area contributed by atoms with Crippen LogP contribution in [0.5, 0.6) is 0 Å². The Labute approximate surface area is 206 Å². The number of pyridine rings is 1. The smallest absolute Gasteiger partial charge is 0.256 e. The van der Waals surface area contributed by atoms with Gasteiger partial charge in [-0.3, -0.25) is 4.79 Å². The average Bonchev–Trinajstić information content (AvgIpc) is 3.52. The number of aryl methyl sites for hydroxylation is 4. The molecule has 0 saturated carbocycles. The summed E-state index contributed by atoms with van der Waals surface area (Å²) in [4.78, 5) is 20.9. The molecular formula is C25H26N8OS. The van der Waals surface area contributed by atoms with Crippen LogP contribution in [-0.4, -0.2) is 40.9 Å². The fourth-order valence-electron chi connectivity index (χ4n) is 4.17. The molecular weight excluding hydrogens is 460 g/mol. The molecule has 35 heavy (non-hydrogen) atoms. The van der Waals surface area contributed by atoms with Gasteiger partial charge in [0.15, 0.2) is 11.5 Å². The van der Waals surface area contributed by atoms with Gasteiger partial charge < -0.3 is 5.32 Å². The van der Waals surface area contributed by atoms with E-state index in [1.165, 1.54) is 4.88 Å². The molecule has 0 saturated heterocycles. The highest BCUT2D eigenvalue weighted by Gasteiger charge is 2.20. The normalized spacial score (nSPS) is 11.5. The van der Waals surface area contributed by atoms with E-state index in [2.05, 4.69) is 59.7 Å². The number of benzene rings is 1. The third-order valence-corrected chi connectivity index (χ3v) is 6.90. The van der Waals surface area contributed by atoms with E-state index in [1.54, 1.807) is 22.2 Å². The number of hydrogen-bond acceptors (Lipinski definition) is 7. The molecule has 0 aliphatic rings. The summed E-state index contributed by atoms with van der Waals surface area (Å²) in [5, 5.41) is 20.1. The Kier molecular flexibility index (Phi) is 5.68. The highest BCUT2D eigenvalue weighted by Crippen LogP contribution is 2.33. The maximum absolute atomic E-state index is 13.6. The fraction of sp³-hybridized carbons (Fsp3) is 0.280. The molecule has 1 N–H and O–H groups in total. The first-order valence-electron chi connectivity index (χ1n) is 11.4. The topological polar surface area (TPSA) is 103 Å². The van der Waals surface area contributed by atoms with E-state index in [-0.39, 0.29) is 11.9 Å². The molecule has 4 aromatic heterocycles. The molecule has 0 atom stereocenters. The SMILES string of the molecule is Cc1cc(-c2cc(C(=O)Nc3ccc(C)c(-n4nnnc4C)c3)c3cnn(C(C)C)c3n2)c(C)s1. The van der Waals surface area contributed by atoms with Crippen LogP contribution in [0, 0.1) is 27.7 Å². The lowest BCUT2D eigenvalue weighted by atomic mass is 10.1. The molecule has 4 heterocycles. The van der Waals surface area contributed by atoms with E-state index >= 15 is 0 Å². The minimum atomic E-state index is -0.227. The Morgan fingerprint density at radius 1 is 1.09 bits per heavy atom. The summed E-state index contributed by atoms with van der Waals surface area (Å²) in [5.41, 5.74) is 5.47. The zero-order valence-electron chi connectivity index (χ0n) is 20.5. The number of fused-ring (bicyclic) bond motifs is 1. The standard InChI is InChI=1S/C25H26N8OS/c1-13(2)32-24-21(12-26-32)20(11-22(28-24)19-9-15(4)35-16(19)5)25(34)27-18-8-7-14(3)23(10-18)33-17(6)29-30-31-33/h7-13H,1-6H3,(H,27,34). The average molecular weight is 487 g/mol. The summed E-state index contributed by atoms with van der Waals surface area (Å²) < 4.78 is 3.51. The summed E-state index contributed by atoms with van der Waals surface area (Å²) >= 11 is 1.72. The predicted molar refractivity (Wildman–Crippen MR) is 137 cm³/mol. The molecule has 5 aromatic rings. The van der Waals surface area contributed by atoms with E-state index in [9.17, 15) is 4.79 Å². The fourth-order valence-corrected chi connectivity index (χ4v) is 5.11. The number of nitrogens with one attached hydrogen (secondary N) is 1. The van der Waals surface area contributed by atoms with Crippen molar-refractivity contribution in [1.29, 1.82) is 0 Å². The third kappa shape index (κ3) is 4.10. The van der Waals surface area contributed by atoms with Crippen LogP contribution in [0.15, 0.2) is 36.5 Å². The van der Waals surface area contributed by atoms with Gasteiger partial charge in [0, 0.05) is 27.0 Å². The number of tetrazole rings is 1. The van der Waals surface area contributed by atoms with Gasteiger partial charge in [0.1, 0.15) is 0 Å². The summed E-state index contributed by atoms with van der Waals surface area (Å²) in [5.74, 6) is 0.439. The van der Waals surface area contributed by atoms with Gasteiger partial charge in [-0.15, -0.1) is 16.4 Å². The molecule has 0 radical (unpaired) electrons. The van der Waals surface area contributed by atoms with Crippen LogP contribution in [0.4, 0.5) is 5.69 Å². The largest absolute Gasteiger partial charge is 0.322 e. The number of aromatic nitrogens is 7. The lowest BCUT2D eigenvalue weighted by Gasteiger charge is -2.12. The Bertz CT molecular complexity index is 1580. The molecule has 1 amide bonds. The number of nitrogens with zero attached hydrogens (tertiary/aromatic N) is 7. The molecule has 0 aliphatic heterocycles. The Hall–Kier alpha value is -3.92. The van der Waals surface area contributed by atoms with Crippen LogP contribution < -0.4 is 5.32 Å². The number of amides is 1. The number of hydrogen-bond donors (Lipinski definition) is 1. The van der Waals surface area contributed by atoms with Gasteiger partial charge in [-0.25, -0.2) is 9.67 Å². The highest BCUT2D eigenvalue weighted by molar-refractivity contribution is 7.12. The van der Waals surface area contributed by atoms with Crippen molar-refractivity contribution in [2.45, 2.75) is 47.6 Å². The van der Waals surface area contributed by atoms with Crippen molar-refractivity contribution in [3.8, 4) is 16.9 Å². The Balaban J connectivity index is 1.60. The second-order valence-corrected chi connectivity index (χ2v) is 10.4. The van der Waals surface area contributed by atoms with E-state index in [0.717, 1.165) is 27.4 Å². The van der Waals surface area contributed by atoms with Crippen molar-refractivity contribution in [2.75, 3.05) is 5.32 Å². The molecule has 0 spiro atoms. The van der Waals surface area contributed by atoms with Crippen molar-refractivity contribution in [2.24, 2.45) is 0 Å². The lowest BCUT2D eigenvalue weighted by molar-refractivity contribution is 0.102.